The van der Waals surface area contributed by atoms with Crippen molar-refractivity contribution in [3.8, 4) is 0 Å². The van der Waals surface area contributed by atoms with E-state index in [-0.39, 0.29) is 24.2 Å². The number of aliphatic carboxylic acids is 1. The van der Waals surface area contributed by atoms with Gasteiger partial charge in [0.25, 0.3) is 0 Å². The number of carbonyl (C=O) groups excluding carboxylic acids is 1. The number of halogens is 1. The molecule has 0 unspecified atom stereocenters. The molecule has 1 aromatic heterocycles. The fraction of sp³-hybridized carbons (Fsp3) is 0.304. The van der Waals surface area contributed by atoms with Crippen LogP contribution in [0, 0.1) is 5.92 Å². The Kier molecular flexibility index (Phi) is 6.20. The second-order valence-electron chi connectivity index (χ2n) is 7.74. The maximum Gasteiger partial charge on any atom is 0.326 e. The summed E-state index contributed by atoms with van der Waals surface area (Å²) in [5.41, 5.74) is 4.22. The van der Waals surface area contributed by atoms with Gasteiger partial charge in [-0.05, 0) is 53.6 Å². The van der Waals surface area contributed by atoms with Crippen LogP contribution in [-0.4, -0.2) is 33.8 Å². The van der Waals surface area contributed by atoms with Crippen molar-refractivity contribution < 1.29 is 14.7 Å². The average molecular weight is 487 g/mol. The first-order valence-corrected chi connectivity index (χ1v) is 11.4. The maximum atomic E-state index is 13.1. The molecule has 0 saturated heterocycles. The highest BCUT2D eigenvalue weighted by Crippen LogP contribution is 2.40. The van der Waals surface area contributed by atoms with Crippen LogP contribution in [0.15, 0.2) is 53.1 Å². The van der Waals surface area contributed by atoms with Crippen LogP contribution in [0.4, 0.5) is 0 Å². The lowest BCUT2D eigenvalue weighted by Gasteiger charge is -2.24. The highest BCUT2D eigenvalue weighted by molar-refractivity contribution is 9.10. The third-order valence-corrected chi connectivity index (χ3v) is 6.85. The van der Waals surface area contributed by atoms with Gasteiger partial charge in [-0.2, -0.15) is 12.6 Å². The van der Waals surface area contributed by atoms with Crippen molar-refractivity contribution in [2.45, 2.75) is 31.2 Å². The van der Waals surface area contributed by atoms with Gasteiger partial charge in [0.1, 0.15) is 6.04 Å². The number of thiol groups is 1. The van der Waals surface area contributed by atoms with Crippen LogP contribution < -0.4 is 5.32 Å². The lowest BCUT2D eigenvalue weighted by Crippen LogP contribution is -2.46. The number of carbonyl (C=O) groups is 2. The van der Waals surface area contributed by atoms with E-state index >= 15 is 0 Å². The summed E-state index contributed by atoms with van der Waals surface area (Å²) in [5, 5.41) is 13.5. The second kappa shape index (κ2) is 8.86. The molecule has 3 aromatic rings. The highest BCUT2D eigenvalue weighted by Gasteiger charge is 2.35. The van der Waals surface area contributed by atoms with E-state index in [9.17, 15) is 14.7 Å². The zero-order valence-electron chi connectivity index (χ0n) is 16.3. The number of amides is 1. The van der Waals surface area contributed by atoms with Crippen LogP contribution in [0.5, 0.6) is 0 Å². The molecule has 156 valence electrons. The summed E-state index contributed by atoms with van der Waals surface area (Å²) in [6.45, 7) is 0. The molecular formula is C23H23BrN2O3S. The smallest absolute Gasteiger partial charge is 0.326 e. The molecule has 1 heterocycles. The van der Waals surface area contributed by atoms with Crippen molar-refractivity contribution in [1.82, 2.24) is 10.3 Å². The Morgan fingerprint density at radius 3 is 2.83 bits per heavy atom. The molecule has 4 rings (SSSR count). The molecule has 7 heteroatoms. The Balaban J connectivity index is 1.52. The van der Waals surface area contributed by atoms with Gasteiger partial charge in [-0.15, -0.1) is 0 Å². The van der Waals surface area contributed by atoms with E-state index < -0.39 is 12.0 Å². The van der Waals surface area contributed by atoms with E-state index in [2.05, 4.69) is 51.0 Å². The number of hydrogen-bond acceptors (Lipinski definition) is 3. The Hall–Kier alpha value is -2.25. The van der Waals surface area contributed by atoms with Crippen molar-refractivity contribution in [3.05, 3.63) is 69.8 Å². The largest absolute Gasteiger partial charge is 0.480 e. The molecule has 0 bridgehead atoms. The number of hydrogen-bond donors (Lipinski definition) is 4. The number of carboxylic acid groups (broad SMARTS) is 1. The molecule has 30 heavy (non-hydrogen) atoms. The van der Waals surface area contributed by atoms with E-state index in [0.29, 0.717) is 5.75 Å². The second-order valence-corrected chi connectivity index (χ2v) is 9.02. The third-order valence-electron chi connectivity index (χ3n) is 5.96. The summed E-state index contributed by atoms with van der Waals surface area (Å²) in [5.74, 6) is -1.25. The molecule has 0 aliphatic heterocycles. The third kappa shape index (κ3) is 4.14. The lowest BCUT2D eigenvalue weighted by atomic mass is 9.87. The van der Waals surface area contributed by atoms with Gasteiger partial charge < -0.3 is 15.4 Å². The van der Waals surface area contributed by atoms with Crippen LogP contribution in [0.2, 0.25) is 0 Å². The molecule has 3 N–H and O–H groups in total. The van der Waals surface area contributed by atoms with Crippen LogP contribution in [0.1, 0.15) is 29.0 Å². The van der Waals surface area contributed by atoms with Crippen molar-refractivity contribution >= 4 is 51.3 Å². The molecule has 0 fully saturated rings. The van der Waals surface area contributed by atoms with E-state index in [1.807, 2.05) is 36.5 Å². The quantitative estimate of drug-likeness (QED) is 0.375. The number of benzene rings is 2. The van der Waals surface area contributed by atoms with Crippen LogP contribution in [-0.2, 0) is 22.4 Å². The normalized spacial score (nSPS) is 17.5. The fourth-order valence-electron chi connectivity index (χ4n) is 4.43. The first kappa shape index (κ1) is 21.0. The monoisotopic (exact) mass is 486 g/mol. The summed E-state index contributed by atoms with van der Waals surface area (Å²) in [4.78, 5) is 28.2. The number of H-pyrrole nitrogens is 1. The summed E-state index contributed by atoms with van der Waals surface area (Å²) in [6.07, 6.45) is 3.81. The minimum atomic E-state index is -1.04. The number of para-hydroxylation sites is 1. The summed E-state index contributed by atoms with van der Waals surface area (Å²) in [7, 11) is 0. The molecule has 5 nitrogen and oxygen atoms in total. The Morgan fingerprint density at radius 1 is 1.27 bits per heavy atom. The first-order chi connectivity index (χ1) is 14.5. The van der Waals surface area contributed by atoms with Gasteiger partial charge in [0.2, 0.25) is 5.91 Å². The summed E-state index contributed by atoms with van der Waals surface area (Å²) in [6, 6.07) is 12.9. The van der Waals surface area contributed by atoms with E-state index in [4.69, 9.17) is 0 Å². The van der Waals surface area contributed by atoms with Gasteiger partial charge in [-0.3, -0.25) is 4.79 Å². The van der Waals surface area contributed by atoms with E-state index in [1.54, 1.807) is 0 Å². The highest BCUT2D eigenvalue weighted by atomic mass is 79.9. The number of aromatic nitrogens is 1. The van der Waals surface area contributed by atoms with Crippen molar-refractivity contribution in [2.24, 2.45) is 5.92 Å². The maximum absolute atomic E-state index is 13.1. The molecular weight excluding hydrogens is 464 g/mol. The average Bonchev–Trinajstić information content (AvgIpc) is 3.32. The molecule has 1 aliphatic carbocycles. The number of carboxylic acids is 1. The van der Waals surface area contributed by atoms with Crippen LogP contribution in [0.25, 0.3) is 10.9 Å². The Bertz CT molecular complexity index is 1100. The topological polar surface area (TPSA) is 82.2 Å². The van der Waals surface area contributed by atoms with Gasteiger partial charge in [-0.1, -0.05) is 40.2 Å². The molecule has 1 amide bonds. The first-order valence-electron chi connectivity index (χ1n) is 9.95. The lowest BCUT2D eigenvalue weighted by molar-refractivity contribution is -0.142. The predicted octanol–water partition coefficient (Wildman–Crippen LogP) is 4.32. The Morgan fingerprint density at radius 2 is 2.07 bits per heavy atom. The van der Waals surface area contributed by atoms with Crippen LogP contribution in [0.3, 0.4) is 0 Å². The zero-order valence-corrected chi connectivity index (χ0v) is 18.7. The molecule has 3 atom stereocenters. The van der Waals surface area contributed by atoms with Gasteiger partial charge in [0, 0.05) is 33.7 Å². The number of nitrogens with one attached hydrogen (secondary N) is 2. The molecule has 0 saturated carbocycles. The van der Waals surface area contributed by atoms with Gasteiger partial charge in [0.15, 0.2) is 0 Å². The van der Waals surface area contributed by atoms with Gasteiger partial charge in [-0.25, -0.2) is 4.79 Å². The molecule has 2 aromatic carbocycles. The van der Waals surface area contributed by atoms with Crippen molar-refractivity contribution in [1.29, 1.82) is 0 Å². The number of aryl methyl sites for hydroxylation is 1. The predicted molar refractivity (Wildman–Crippen MR) is 124 cm³/mol. The van der Waals surface area contributed by atoms with Crippen molar-refractivity contribution in [3.63, 3.8) is 0 Å². The van der Waals surface area contributed by atoms with Gasteiger partial charge in [0.05, 0.1) is 5.92 Å². The zero-order chi connectivity index (χ0) is 21.3. The number of rotatable bonds is 7. The number of fused-ring (bicyclic) bond motifs is 2. The van der Waals surface area contributed by atoms with E-state index in [1.165, 1.54) is 5.56 Å². The fourth-order valence-corrected chi connectivity index (χ4v) is 5.26. The molecule has 0 spiro atoms. The van der Waals surface area contributed by atoms with E-state index in [0.717, 1.165) is 39.3 Å². The van der Waals surface area contributed by atoms with Crippen molar-refractivity contribution in [2.75, 3.05) is 5.75 Å². The molecule has 0 radical (unpaired) electrons. The molecule has 1 aliphatic rings. The SMILES string of the molecule is O=C(O)[C@@H](Cc1c[nH]c2ccccc12)NC(=O)[C@H](CS)[C@H]1CCc2cc(Br)ccc21. The minimum absolute atomic E-state index is 0.0492. The Labute approximate surface area is 188 Å². The summed E-state index contributed by atoms with van der Waals surface area (Å²) < 4.78 is 1.03. The van der Waals surface area contributed by atoms with Gasteiger partial charge >= 0.3 is 5.97 Å². The minimum Gasteiger partial charge on any atom is -0.480 e. The van der Waals surface area contributed by atoms with Crippen LogP contribution >= 0.6 is 28.6 Å². The number of aromatic amines is 1. The summed E-state index contributed by atoms with van der Waals surface area (Å²) >= 11 is 7.93. The standard InChI is InChI=1S/C23H23BrN2O3S/c24-15-6-8-16-13(9-15)5-7-18(16)19(12-30)22(27)26-21(23(28)29)10-14-11-25-20-4-2-1-3-17(14)20/h1-4,6,8-9,11,18-19,21,25,30H,5,7,10,12H2,(H,26,27)(H,28,29)/t18-,19+,21+/m0/s1.